The summed E-state index contributed by atoms with van der Waals surface area (Å²) in [6, 6.07) is 0. The van der Waals surface area contributed by atoms with Gasteiger partial charge in [-0.25, -0.2) is 0 Å². The first kappa shape index (κ1) is 4.49. The van der Waals surface area contributed by atoms with Gasteiger partial charge < -0.3 is 0 Å². The average molecular weight is 71.1 g/mol. The summed E-state index contributed by atoms with van der Waals surface area (Å²) in [5.74, 6) is 0. The Kier molecular flexibility index (Phi) is 3.92. The van der Waals surface area contributed by atoms with Gasteiger partial charge in [0.25, 0.3) is 0 Å². The van der Waals surface area contributed by atoms with Gasteiger partial charge in [-0.15, -0.1) is 0 Å². The van der Waals surface area contributed by atoms with E-state index in [1.165, 1.54) is 0 Å². The van der Waals surface area contributed by atoms with E-state index >= 15 is 0 Å². The van der Waals surface area contributed by atoms with E-state index in [9.17, 15) is 0 Å². The Morgan fingerprint density at radius 1 is 2.00 bits per heavy atom. The van der Waals surface area contributed by atoms with Crippen LogP contribution in [0.15, 0.2) is 0 Å². The quantitative estimate of drug-likeness (QED) is 0.418. The Morgan fingerprint density at radius 3 is 2.25 bits per heavy atom. The van der Waals surface area contributed by atoms with E-state index in [2.05, 4.69) is 20.8 Å². The third-order valence-corrected chi connectivity index (χ3v) is 0.612. The molecular weight excluding hydrogens is 65.0 g/mol. The summed E-state index contributed by atoms with van der Waals surface area (Å²) in [6.45, 7) is 3.08. The number of hydrogen-bond donors (Lipinski definition) is 1. The summed E-state index contributed by atoms with van der Waals surface area (Å²) in [5, 5.41) is 0. The minimum absolute atomic E-state index is 1.03. The van der Waals surface area contributed by atoms with Crippen molar-refractivity contribution in [3.63, 3.8) is 0 Å². The van der Waals surface area contributed by atoms with Gasteiger partial charge in [0.15, 0.2) is 0 Å². The topological polar surface area (TPSA) is 12.0 Å². The summed E-state index contributed by atoms with van der Waals surface area (Å²) in [5.41, 5.74) is 0. The molecule has 0 aromatic rings. The molecule has 0 atom stereocenters. The molecule has 0 fully saturated rings. The van der Waals surface area contributed by atoms with Crippen LogP contribution in [0.5, 0.6) is 0 Å². The molecule has 0 rings (SSSR count). The van der Waals surface area contributed by atoms with Crippen LogP contribution in [0.2, 0.25) is 0 Å². The minimum atomic E-state index is 1.03. The second-order valence-corrected chi connectivity index (χ2v) is 0.966. The first-order valence-electron chi connectivity index (χ1n) is 1.35. The van der Waals surface area contributed by atoms with Gasteiger partial charge in [-0.1, -0.05) is 0 Å². The van der Waals surface area contributed by atoms with Gasteiger partial charge in [0, 0.05) is 0 Å². The van der Waals surface area contributed by atoms with Crippen LogP contribution >= 0.6 is 0 Å². The standard InChI is InChI=1S/C2H6N.Al/c1-2-3;/h3H,2H2,1H3;/q-1;+3. The predicted molar refractivity (Wildman–Crippen MR) is 19.4 cm³/mol. The Hall–Kier alpha value is 0.492. The molecule has 1 nitrogen and oxygen atoms in total. The molecule has 4 heavy (non-hydrogen) atoms. The molecule has 0 spiro atoms. The first-order valence-corrected chi connectivity index (χ1v) is 1.93. The van der Waals surface area contributed by atoms with Crippen LogP contribution in [-0.4, -0.2) is 23.1 Å². The number of hydrogen-bond acceptors (Lipinski definition) is 1. The van der Waals surface area contributed by atoms with Gasteiger partial charge in [0.05, 0.1) is 0 Å². The molecule has 0 saturated heterocycles. The molecule has 0 bridgehead atoms. The Labute approximate surface area is 35.0 Å². The normalized spacial score (nSPS) is 7.75. The van der Waals surface area contributed by atoms with Crippen molar-refractivity contribution in [1.82, 2.24) is 4.30 Å². The molecule has 0 heterocycles. The van der Waals surface area contributed by atoms with Crippen LogP contribution in [0.4, 0.5) is 0 Å². The van der Waals surface area contributed by atoms with Crippen LogP contribution in [-0.2, 0) is 0 Å². The molecule has 0 unspecified atom stereocenters. The van der Waals surface area contributed by atoms with E-state index in [4.69, 9.17) is 0 Å². The van der Waals surface area contributed by atoms with Crippen molar-refractivity contribution >= 4 is 16.5 Å². The molecule has 0 saturated carbocycles. The zero-order valence-electron chi connectivity index (χ0n) is 2.78. The van der Waals surface area contributed by atoms with Gasteiger partial charge in [-0.2, -0.15) is 0 Å². The molecule has 0 aromatic heterocycles. The fraction of sp³-hybridized carbons (Fsp3) is 1.00. The summed E-state index contributed by atoms with van der Waals surface area (Å²) in [7, 11) is 0. The molecule has 0 amide bonds. The Balaban J connectivity index is 1.97. The van der Waals surface area contributed by atoms with Gasteiger partial charge in [-0.3, -0.25) is 0 Å². The van der Waals surface area contributed by atoms with E-state index in [1.54, 1.807) is 0 Å². The maximum atomic E-state index is 2.85. The van der Waals surface area contributed by atoms with E-state index in [0.717, 1.165) is 6.54 Å². The Morgan fingerprint density at radius 2 is 2.25 bits per heavy atom. The summed E-state index contributed by atoms with van der Waals surface area (Å²) in [4.78, 5) is 0. The van der Waals surface area contributed by atoms with Crippen molar-refractivity contribution in [2.45, 2.75) is 6.92 Å². The van der Waals surface area contributed by atoms with Crippen LogP contribution < -0.4 is 4.30 Å². The molecule has 2 heteroatoms. The molecule has 0 aliphatic carbocycles. The summed E-state index contributed by atoms with van der Waals surface area (Å²) < 4.78 is 2.85. The molecule has 0 aromatic carbocycles. The number of rotatable bonds is 1. The summed E-state index contributed by atoms with van der Waals surface area (Å²) >= 11 is 2.41. The molecule has 0 radical (unpaired) electrons. The zero-order valence-corrected chi connectivity index (χ0v) is 3.94. The molecule has 20 valence electrons. The van der Waals surface area contributed by atoms with E-state index < -0.39 is 0 Å². The molecule has 1 N–H and O–H groups in total. The average Bonchev–Trinajstić information content (AvgIpc) is 1.37. The van der Waals surface area contributed by atoms with E-state index in [0.29, 0.717) is 0 Å². The van der Waals surface area contributed by atoms with E-state index in [-0.39, 0.29) is 0 Å². The van der Waals surface area contributed by atoms with E-state index in [1.807, 2.05) is 6.92 Å². The second kappa shape index (κ2) is 3.49. The van der Waals surface area contributed by atoms with Crippen LogP contribution in [0.1, 0.15) is 6.92 Å². The van der Waals surface area contributed by atoms with Crippen LogP contribution in [0, 0.1) is 0 Å². The fourth-order valence-electron chi connectivity index (χ4n) is 0. The van der Waals surface area contributed by atoms with Crippen molar-refractivity contribution in [3.8, 4) is 0 Å². The van der Waals surface area contributed by atoms with Crippen LogP contribution in [0.3, 0.4) is 0 Å². The van der Waals surface area contributed by atoms with Gasteiger partial charge in [-0.05, 0) is 0 Å². The zero-order chi connectivity index (χ0) is 3.41. The first-order chi connectivity index (χ1) is 1.91. The predicted octanol–water partition coefficient (Wildman–Crippen LogP) is -0.321. The van der Waals surface area contributed by atoms with Crippen molar-refractivity contribution in [1.29, 1.82) is 0 Å². The molecule has 0 aliphatic heterocycles. The van der Waals surface area contributed by atoms with Gasteiger partial charge >= 0.3 is 34.3 Å². The van der Waals surface area contributed by atoms with Gasteiger partial charge in [0.1, 0.15) is 0 Å². The van der Waals surface area contributed by atoms with Crippen molar-refractivity contribution < 1.29 is 0 Å². The van der Waals surface area contributed by atoms with Crippen molar-refractivity contribution in [3.05, 3.63) is 0 Å². The SMILES string of the molecule is CC[NH][Al+2]. The molecular formula is C2H6AlN+2. The maximum absolute atomic E-state index is 2.85. The third-order valence-electron chi connectivity index (χ3n) is 0.204. The van der Waals surface area contributed by atoms with Crippen molar-refractivity contribution in [2.75, 3.05) is 6.54 Å². The molecule has 0 aliphatic rings. The second-order valence-electron chi connectivity index (χ2n) is 0.558. The number of nitrogens with one attached hydrogen (secondary N) is 1. The van der Waals surface area contributed by atoms with Crippen LogP contribution in [0.25, 0.3) is 0 Å². The summed E-state index contributed by atoms with van der Waals surface area (Å²) in [6.07, 6.45) is 0. The Bertz CT molecular complexity index is 8.00. The fourth-order valence-corrected chi connectivity index (χ4v) is 0. The van der Waals surface area contributed by atoms with Gasteiger partial charge in [0.2, 0.25) is 0 Å². The van der Waals surface area contributed by atoms with Crippen molar-refractivity contribution in [2.24, 2.45) is 0 Å². The third kappa shape index (κ3) is 2.49. The monoisotopic (exact) mass is 71.0 g/mol.